The summed E-state index contributed by atoms with van der Waals surface area (Å²) in [6.45, 7) is 2.28. The first-order valence-electron chi connectivity index (χ1n) is 12.7. The summed E-state index contributed by atoms with van der Waals surface area (Å²) < 4.78 is 18.2. The smallest absolute Gasteiger partial charge is 0.333 e. The van der Waals surface area contributed by atoms with Crippen LogP contribution in [0.15, 0.2) is 35.3 Å². The van der Waals surface area contributed by atoms with Crippen LogP contribution in [0.25, 0.3) is 5.52 Å². The molecule has 39 heavy (non-hydrogen) atoms. The summed E-state index contributed by atoms with van der Waals surface area (Å²) in [6.07, 6.45) is 4.87. The van der Waals surface area contributed by atoms with E-state index in [0.29, 0.717) is 41.5 Å². The van der Waals surface area contributed by atoms with Gasteiger partial charge in [0.15, 0.2) is 0 Å². The lowest BCUT2D eigenvalue weighted by Gasteiger charge is -2.27. The molecule has 13 heteroatoms. The zero-order chi connectivity index (χ0) is 27.3. The van der Waals surface area contributed by atoms with E-state index in [2.05, 4.69) is 15.2 Å². The maximum absolute atomic E-state index is 14.9. The van der Waals surface area contributed by atoms with Crippen molar-refractivity contribution in [2.75, 3.05) is 19.6 Å². The summed E-state index contributed by atoms with van der Waals surface area (Å²) in [4.78, 5) is 44.6. The van der Waals surface area contributed by atoms with Crippen molar-refractivity contribution < 1.29 is 18.5 Å². The van der Waals surface area contributed by atoms with Crippen LogP contribution in [0.5, 0.6) is 0 Å². The minimum Gasteiger partial charge on any atom is -0.333 e. The molecule has 1 aromatic carbocycles. The predicted octanol–water partition coefficient (Wildman–Crippen LogP) is 2.96. The maximum atomic E-state index is 14.9. The molecule has 2 amide bonds. The Morgan fingerprint density at radius 1 is 1.05 bits per heavy atom. The van der Waals surface area contributed by atoms with Crippen LogP contribution in [0.2, 0.25) is 10.2 Å². The summed E-state index contributed by atoms with van der Waals surface area (Å²) in [5.74, 6) is -0.269. The van der Waals surface area contributed by atoms with Gasteiger partial charge in [-0.15, -0.1) is 5.10 Å². The predicted molar refractivity (Wildman–Crippen MR) is 141 cm³/mol. The van der Waals surface area contributed by atoms with Crippen molar-refractivity contribution in [1.29, 1.82) is 0 Å². The van der Waals surface area contributed by atoms with Crippen LogP contribution in [0.3, 0.4) is 0 Å². The number of hydrogen-bond donors (Lipinski definition) is 2. The van der Waals surface area contributed by atoms with Crippen LogP contribution in [0.4, 0.5) is 4.39 Å². The second kappa shape index (κ2) is 10.1. The third-order valence-electron chi connectivity index (χ3n) is 7.36. The highest BCUT2D eigenvalue weighted by atomic mass is 35.5. The lowest BCUT2D eigenvalue weighted by molar-refractivity contribution is -0.712. The van der Waals surface area contributed by atoms with E-state index in [1.165, 1.54) is 33.7 Å². The molecule has 2 aliphatic heterocycles. The summed E-state index contributed by atoms with van der Waals surface area (Å²) >= 11 is 12.5. The van der Waals surface area contributed by atoms with Crippen molar-refractivity contribution in [3.8, 4) is 0 Å². The molecule has 0 aliphatic carbocycles. The fourth-order valence-electron chi connectivity index (χ4n) is 5.33. The zero-order valence-corrected chi connectivity index (χ0v) is 22.4. The lowest BCUT2D eigenvalue weighted by Crippen LogP contribution is -2.55. The van der Waals surface area contributed by atoms with E-state index in [1.54, 1.807) is 10.6 Å². The van der Waals surface area contributed by atoms with Crippen molar-refractivity contribution >= 4 is 40.5 Å². The molecule has 0 atom stereocenters. The van der Waals surface area contributed by atoms with Crippen LogP contribution in [0.1, 0.15) is 57.3 Å². The summed E-state index contributed by atoms with van der Waals surface area (Å²) in [7, 11) is 0. The van der Waals surface area contributed by atoms with Gasteiger partial charge in [0.05, 0.1) is 23.7 Å². The van der Waals surface area contributed by atoms with Gasteiger partial charge in [-0.3, -0.25) is 18.8 Å². The van der Waals surface area contributed by atoms with Crippen LogP contribution in [0, 0.1) is 5.82 Å². The molecule has 2 N–H and O–H groups in total. The minimum absolute atomic E-state index is 0.0672. The molecule has 0 radical (unpaired) electrons. The Balaban J connectivity index is 1.23. The number of carbonyl (C=O) groups is 2. The van der Waals surface area contributed by atoms with Gasteiger partial charge in [0.2, 0.25) is 0 Å². The SMILES string of the molecule is O=C(c1cc(Cc2c[nH]c(=O)c3cc(Cl)c(Cl)n23)ccc1F)N1CC[n+]2c(C(=O)N3CCCCC3)n[nH]c2C1. The number of rotatable bonds is 4. The van der Waals surface area contributed by atoms with E-state index in [0.717, 1.165) is 32.4 Å². The van der Waals surface area contributed by atoms with Gasteiger partial charge in [-0.1, -0.05) is 29.3 Å². The number of H-pyrrole nitrogens is 2. The Morgan fingerprint density at radius 3 is 2.64 bits per heavy atom. The van der Waals surface area contributed by atoms with Gasteiger partial charge in [-0.2, -0.15) is 0 Å². The van der Waals surface area contributed by atoms with Crippen molar-refractivity contribution in [2.24, 2.45) is 0 Å². The zero-order valence-electron chi connectivity index (χ0n) is 20.8. The maximum Gasteiger partial charge on any atom is 0.366 e. The molecule has 0 spiro atoms. The number of likely N-dealkylation sites (tertiary alicyclic amines) is 1. The Morgan fingerprint density at radius 2 is 1.85 bits per heavy atom. The van der Waals surface area contributed by atoms with Gasteiger partial charge in [0.1, 0.15) is 23.0 Å². The number of nitrogens with zero attached hydrogens (tertiary/aromatic N) is 5. The Kier molecular flexibility index (Phi) is 6.64. The number of piperidine rings is 1. The van der Waals surface area contributed by atoms with E-state index < -0.39 is 11.7 Å². The second-order valence-corrected chi connectivity index (χ2v) is 10.6. The highest BCUT2D eigenvalue weighted by molar-refractivity contribution is 6.42. The van der Waals surface area contributed by atoms with Gasteiger partial charge in [-0.25, -0.2) is 8.96 Å². The highest BCUT2D eigenvalue weighted by Crippen LogP contribution is 2.27. The first-order valence-corrected chi connectivity index (χ1v) is 13.5. The topological polar surface area (TPSA) is 110 Å². The molecule has 0 unspecified atom stereocenters. The average molecular weight is 573 g/mol. The van der Waals surface area contributed by atoms with E-state index in [-0.39, 0.29) is 40.2 Å². The summed E-state index contributed by atoms with van der Waals surface area (Å²) in [5.41, 5.74) is 1.15. The Labute approximate surface area is 231 Å². The van der Waals surface area contributed by atoms with E-state index in [1.807, 2.05) is 4.90 Å². The van der Waals surface area contributed by atoms with Gasteiger partial charge >= 0.3 is 11.7 Å². The van der Waals surface area contributed by atoms with Crippen molar-refractivity contribution in [2.45, 2.75) is 38.8 Å². The quantitative estimate of drug-likeness (QED) is 0.366. The average Bonchev–Trinajstić information content (AvgIpc) is 3.51. The molecule has 2 aliphatic rings. The highest BCUT2D eigenvalue weighted by Gasteiger charge is 2.35. The molecular weight excluding hydrogens is 548 g/mol. The largest absolute Gasteiger partial charge is 0.366 e. The number of nitrogens with one attached hydrogen (secondary N) is 2. The van der Waals surface area contributed by atoms with Crippen molar-refractivity contribution in [1.82, 2.24) is 29.4 Å². The fraction of sp³-hybridized carbons (Fsp3) is 0.346. The van der Waals surface area contributed by atoms with Gasteiger partial charge < -0.3 is 14.8 Å². The number of aromatic nitrogens is 5. The first kappa shape index (κ1) is 25.6. The number of hydrogen-bond acceptors (Lipinski definition) is 4. The van der Waals surface area contributed by atoms with Crippen LogP contribution in [-0.2, 0) is 19.5 Å². The molecule has 1 saturated heterocycles. The fourth-order valence-corrected chi connectivity index (χ4v) is 5.77. The van der Waals surface area contributed by atoms with Gasteiger partial charge in [-0.05, 0) is 43.0 Å². The monoisotopic (exact) mass is 572 g/mol. The third kappa shape index (κ3) is 4.59. The second-order valence-electron chi connectivity index (χ2n) is 9.83. The number of benzene rings is 1. The number of fused-ring (bicyclic) bond motifs is 2. The molecule has 0 saturated carbocycles. The van der Waals surface area contributed by atoms with Crippen LogP contribution < -0.4 is 10.1 Å². The van der Waals surface area contributed by atoms with Gasteiger partial charge in [0, 0.05) is 36.5 Å². The van der Waals surface area contributed by atoms with Crippen LogP contribution in [-0.4, -0.2) is 60.8 Å². The van der Waals surface area contributed by atoms with Gasteiger partial charge in [0.25, 0.3) is 17.3 Å². The standard InChI is InChI=1S/C26H24Cl2FN7O3/c27-18-12-20-24(37)30-13-16(36(20)22(18)28)10-15-4-5-19(29)17(11-15)25(38)34-8-9-35-21(14-34)31-32-23(35)26(39)33-6-2-1-3-7-33/h4-5,11-13H,1-3,6-10,14H2,(H,30,37)/p+1. The normalized spacial score (nSPS) is 15.6. The van der Waals surface area contributed by atoms with E-state index in [9.17, 15) is 18.8 Å². The molecular formula is C26H25Cl2FN7O3+. The molecule has 5 heterocycles. The molecule has 1 fully saturated rings. The lowest BCUT2D eigenvalue weighted by atomic mass is 10.0. The van der Waals surface area contributed by atoms with E-state index >= 15 is 0 Å². The van der Waals surface area contributed by atoms with E-state index in [4.69, 9.17) is 23.2 Å². The van der Waals surface area contributed by atoms with Crippen LogP contribution >= 0.6 is 23.2 Å². The molecule has 6 rings (SSSR count). The number of aromatic amines is 2. The Hall–Kier alpha value is -3.70. The van der Waals surface area contributed by atoms with Crippen molar-refractivity contribution in [3.05, 3.63) is 85.3 Å². The number of halogens is 3. The third-order valence-corrected chi connectivity index (χ3v) is 8.12. The molecule has 202 valence electrons. The minimum atomic E-state index is -0.638. The molecule has 0 bridgehead atoms. The Bertz CT molecular complexity index is 1670. The molecule has 3 aromatic heterocycles. The summed E-state index contributed by atoms with van der Waals surface area (Å²) in [5, 5.41) is 7.58. The molecule has 10 nitrogen and oxygen atoms in total. The first-order chi connectivity index (χ1) is 18.8. The number of carbonyl (C=O) groups excluding carboxylic acids is 2. The summed E-state index contributed by atoms with van der Waals surface area (Å²) in [6, 6.07) is 5.83. The molecule has 4 aromatic rings. The van der Waals surface area contributed by atoms with Crippen molar-refractivity contribution in [3.63, 3.8) is 0 Å². The number of amides is 2.